The van der Waals surface area contributed by atoms with Gasteiger partial charge in [0.05, 0.1) is 5.69 Å². The van der Waals surface area contributed by atoms with Crippen molar-refractivity contribution in [1.82, 2.24) is 10.2 Å². The monoisotopic (exact) mass is 465 g/mol. The van der Waals surface area contributed by atoms with Gasteiger partial charge in [-0.05, 0) is 86.7 Å². The van der Waals surface area contributed by atoms with Crippen LogP contribution in [0.25, 0.3) is 0 Å². The normalized spacial score (nSPS) is 15.9. The van der Waals surface area contributed by atoms with Crippen molar-refractivity contribution < 1.29 is 9.84 Å². The molecule has 1 aromatic heterocycles. The molecule has 2 aromatic carbocycles. The van der Waals surface area contributed by atoms with E-state index in [0.717, 1.165) is 63.4 Å². The second kappa shape index (κ2) is 12.1. The average Bonchev–Trinajstić information content (AvgIpc) is 3.38. The lowest BCUT2D eigenvalue weighted by Crippen LogP contribution is -2.36. The van der Waals surface area contributed by atoms with Crippen molar-refractivity contribution >= 4 is 17.0 Å². The van der Waals surface area contributed by atoms with Crippen LogP contribution in [0.3, 0.4) is 0 Å². The van der Waals surface area contributed by atoms with Crippen molar-refractivity contribution in [3.63, 3.8) is 0 Å². The molecule has 0 spiro atoms. The lowest BCUT2D eigenvalue weighted by molar-refractivity contribution is 0.199. The SMILES string of the molecule is CNCC[C@@H](Oc1ccccc1NCCN1CCC(c2cccc(O)c2)CC1)c1cccs1. The summed E-state index contributed by atoms with van der Waals surface area (Å²) >= 11 is 1.75. The van der Waals surface area contributed by atoms with Crippen molar-refractivity contribution in [1.29, 1.82) is 0 Å². The molecule has 2 heterocycles. The highest BCUT2D eigenvalue weighted by molar-refractivity contribution is 7.10. The molecule has 4 rings (SSSR count). The number of rotatable bonds is 11. The summed E-state index contributed by atoms with van der Waals surface area (Å²) in [5, 5.41) is 18.7. The van der Waals surface area contributed by atoms with E-state index in [0.29, 0.717) is 11.7 Å². The molecular weight excluding hydrogens is 430 g/mol. The molecule has 0 saturated carbocycles. The quantitative estimate of drug-likeness (QED) is 0.350. The number of benzene rings is 2. The molecule has 0 amide bonds. The Balaban J connectivity index is 1.28. The summed E-state index contributed by atoms with van der Waals surface area (Å²) in [5.41, 5.74) is 2.32. The number of para-hydroxylation sites is 2. The van der Waals surface area contributed by atoms with Crippen molar-refractivity contribution in [3.05, 3.63) is 76.5 Å². The Kier molecular flexibility index (Phi) is 8.64. The van der Waals surface area contributed by atoms with Crippen LogP contribution in [0.4, 0.5) is 5.69 Å². The number of aromatic hydroxyl groups is 1. The largest absolute Gasteiger partial charge is 0.508 e. The molecule has 3 N–H and O–H groups in total. The van der Waals surface area contributed by atoms with Gasteiger partial charge in [-0.2, -0.15) is 0 Å². The molecule has 0 bridgehead atoms. The number of nitrogens with one attached hydrogen (secondary N) is 2. The fraction of sp³-hybridized carbons (Fsp3) is 0.407. The maximum atomic E-state index is 9.76. The van der Waals surface area contributed by atoms with Crippen LogP contribution in [0, 0.1) is 0 Å². The Labute approximate surface area is 201 Å². The lowest BCUT2D eigenvalue weighted by atomic mass is 9.89. The molecule has 1 aliphatic rings. The average molecular weight is 466 g/mol. The second-order valence-corrected chi connectivity index (χ2v) is 9.63. The van der Waals surface area contributed by atoms with Gasteiger partial charge in [0.15, 0.2) is 0 Å². The number of anilines is 1. The van der Waals surface area contributed by atoms with Crippen LogP contribution in [0.1, 0.15) is 41.7 Å². The number of hydrogen-bond donors (Lipinski definition) is 3. The van der Waals surface area contributed by atoms with E-state index in [1.54, 1.807) is 17.4 Å². The van der Waals surface area contributed by atoms with Crippen LogP contribution in [0.5, 0.6) is 11.5 Å². The second-order valence-electron chi connectivity index (χ2n) is 8.65. The van der Waals surface area contributed by atoms with E-state index in [1.165, 1.54) is 10.4 Å². The Morgan fingerprint density at radius 1 is 1.06 bits per heavy atom. The van der Waals surface area contributed by atoms with Gasteiger partial charge in [0.25, 0.3) is 0 Å². The predicted octanol–water partition coefficient (Wildman–Crippen LogP) is 5.47. The fourth-order valence-electron chi connectivity index (χ4n) is 4.50. The summed E-state index contributed by atoms with van der Waals surface area (Å²) in [6.07, 6.45) is 3.25. The highest BCUT2D eigenvalue weighted by Crippen LogP contribution is 2.33. The summed E-state index contributed by atoms with van der Waals surface area (Å²) in [7, 11) is 1.98. The van der Waals surface area contributed by atoms with Crippen LogP contribution in [0.2, 0.25) is 0 Å². The molecular formula is C27H35N3O2S. The van der Waals surface area contributed by atoms with E-state index < -0.39 is 0 Å². The molecule has 1 aliphatic heterocycles. The molecule has 5 nitrogen and oxygen atoms in total. The van der Waals surface area contributed by atoms with E-state index in [-0.39, 0.29) is 6.10 Å². The van der Waals surface area contributed by atoms with Gasteiger partial charge in [-0.25, -0.2) is 0 Å². The summed E-state index contributed by atoms with van der Waals surface area (Å²) in [6.45, 7) is 4.98. The fourth-order valence-corrected chi connectivity index (χ4v) is 5.28. The number of likely N-dealkylation sites (tertiary alicyclic amines) is 1. The molecule has 1 atom stereocenters. The zero-order valence-electron chi connectivity index (χ0n) is 19.4. The van der Waals surface area contributed by atoms with Crippen molar-refractivity contribution in [3.8, 4) is 11.5 Å². The van der Waals surface area contributed by atoms with Crippen LogP contribution >= 0.6 is 11.3 Å². The third kappa shape index (κ3) is 6.73. The third-order valence-electron chi connectivity index (χ3n) is 6.35. The van der Waals surface area contributed by atoms with Crippen molar-refractivity contribution in [2.75, 3.05) is 45.1 Å². The van der Waals surface area contributed by atoms with Gasteiger partial charge in [-0.15, -0.1) is 11.3 Å². The highest BCUT2D eigenvalue weighted by atomic mass is 32.1. The number of nitrogens with zero attached hydrogens (tertiary/aromatic N) is 1. The standard InChI is InChI=1S/C27H35N3O2S/c1-28-14-11-26(27-10-5-19-33-27)32-25-9-3-2-8-24(25)29-15-18-30-16-12-21(13-17-30)22-6-4-7-23(31)20-22/h2-10,19-21,26,28-29,31H,11-18H2,1H3/t26-/m1/s1. The Bertz CT molecular complexity index is 971. The maximum Gasteiger partial charge on any atom is 0.143 e. The molecule has 33 heavy (non-hydrogen) atoms. The number of phenols is 1. The smallest absolute Gasteiger partial charge is 0.143 e. The number of thiophene rings is 1. The molecule has 1 fully saturated rings. The number of piperidine rings is 1. The van der Waals surface area contributed by atoms with Crippen LogP contribution < -0.4 is 15.4 Å². The van der Waals surface area contributed by atoms with Crippen LogP contribution in [0.15, 0.2) is 66.0 Å². The molecule has 0 aliphatic carbocycles. The van der Waals surface area contributed by atoms with E-state index in [2.05, 4.69) is 57.3 Å². The first-order valence-corrected chi connectivity index (χ1v) is 12.8. The molecule has 1 saturated heterocycles. The topological polar surface area (TPSA) is 56.8 Å². The zero-order valence-corrected chi connectivity index (χ0v) is 20.2. The molecule has 0 unspecified atom stereocenters. The van der Waals surface area contributed by atoms with E-state index >= 15 is 0 Å². The van der Waals surface area contributed by atoms with Crippen molar-refractivity contribution in [2.45, 2.75) is 31.3 Å². The first-order valence-electron chi connectivity index (χ1n) is 11.9. The van der Waals surface area contributed by atoms with Crippen molar-refractivity contribution in [2.24, 2.45) is 0 Å². The van der Waals surface area contributed by atoms with Gasteiger partial charge in [-0.3, -0.25) is 0 Å². The predicted molar refractivity (Wildman–Crippen MR) is 138 cm³/mol. The zero-order chi connectivity index (χ0) is 22.9. The minimum absolute atomic E-state index is 0.0526. The third-order valence-corrected chi connectivity index (χ3v) is 7.31. The summed E-state index contributed by atoms with van der Waals surface area (Å²) in [6, 6.07) is 20.2. The summed E-state index contributed by atoms with van der Waals surface area (Å²) in [5.74, 6) is 1.82. The van der Waals surface area contributed by atoms with Gasteiger partial charge in [0.2, 0.25) is 0 Å². The van der Waals surface area contributed by atoms with Crippen LogP contribution in [-0.2, 0) is 0 Å². The minimum atomic E-state index is 0.0526. The number of hydrogen-bond acceptors (Lipinski definition) is 6. The number of phenolic OH excluding ortho intramolecular Hbond substituents is 1. The highest BCUT2D eigenvalue weighted by Gasteiger charge is 2.21. The lowest BCUT2D eigenvalue weighted by Gasteiger charge is -2.32. The van der Waals surface area contributed by atoms with E-state index in [1.807, 2.05) is 25.2 Å². The van der Waals surface area contributed by atoms with Gasteiger partial charge >= 0.3 is 0 Å². The summed E-state index contributed by atoms with van der Waals surface area (Å²) < 4.78 is 6.48. The maximum absolute atomic E-state index is 9.76. The van der Waals surface area contributed by atoms with Gasteiger partial charge in [0, 0.05) is 24.4 Å². The first kappa shape index (κ1) is 23.6. The van der Waals surface area contributed by atoms with Gasteiger partial charge < -0.3 is 25.4 Å². The molecule has 0 radical (unpaired) electrons. The van der Waals surface area contributed by atoms with Gasteiger partial charge in [0.1, 0.15) is 17.6 Å². The van der Waals surface area contributed by atoms with Crippen LogP contribution in [-0.4, -0.2) is 49.8 Å². The first-order chi connectivity index (χ1) is 16.2. The van der Waals surface area contributed by atoms with Gasteiger partial charge in [-0.1, -0.05) is 30.3 Å². The molecule has 6 heteroatoms. The molecule has 3 aromatic rings. The van der Waals surface area contributed by atoms with E-state index in [4.69, 9.17) is 4.74 Å². The Morgan fingerprint density at radius 3 is 2.67 bits per heavy atom. The summed E-state index contributed by atoms with van der Waals surface area (Å²) in [4.78, 5) is 3.78. The van der Waals surface area contributed by atoms with E-state index in [9.17, 15) is 5.11 Å². The minimum Gasteiger partial charge on any atom is -0.508 e. The Morgan fingerprint density at radius 2 is 1.91 bits per heavy atom. The number of ether oxygens (including phenoxy) is 1. The Hall–Kier alpha value is -2.54. The molecule has 176 valence electrons.